The normalized spacial score (nSPS) is 25.4. The van der Waals surface area contributed by atoms with Crippen molar-refractivity contribution < 1.29 is 4.39 Å². The van der Waals surface area contributed by atoms with Crippen LogP contribution in [-0.4, -0.2) is 12.1 Å². The lowest BCUT2D eigenvalue weighted by Crippen LogP contribution is -2.35. The van der Waals surface area contributed by atoms with Crippen molar-refractivity contribution in [1.29, 1.82) is 0 Å². The Morgan fingerprint density at radius 2 is 2.19 bits per heavy atom. The van der Waals surface area contributed by atoms with E-state index in [9.17, 15) is 4.39 Å². The first kappa shape index (κ1) is 11.4. The Hall–Kier alpha value is -1.09. The van der Waals surface area contributed by atoms with E-state index < -0.39 is 0 Å². The average Bonchev–Trinajstić information content (AvgIpc) is 2.24. The molecule has 0 bridgehead atoms. The van der Waals surface area contributed by atoms with E-state index in [1.807, 2.05) is 6.92 Å². The van der Waals surface area contributed by atoms with Gasteiger partial charge in [0.2, 0.25) is 0 Å². The number of benzene rings is 1. The lowest BCUT2D eigenvalue weighted by molar-refractivity contribution is 0.409. The molecule has 0 radical (unpaired) electrons. The van der Waals surface area contributed by atoms with Crippen molar-refractivity contribution in [2.24, 2.45) is 5.73 Å². The van der Waals surface area contributed by atoms with Crippen LogP contribution in [0.1, 0.15) is 31.2 Å². The van der Waals surface area contributed by atoms with Crippen molar-refractivity contribution in [2.45, 2.75) is 44.7 Å². The van der Waals surface area contributed by atoms with Crippen LogP contribution < -0.4 is 11.1 Å². The average molecular weight is 222 g/mol. The summed E-state index contributed by atoms with van der Waals surface area (Å²) in [6.07, 6.45) is 4.38. The van der Waals surface area contributed by atoms with Crippen LogP contribution in [0.25, 0.3) is 0 Å². The molecule has 1 fully saturated rings. The number of nitrogens with one attached hydrogen (secondary N) is 1. The number of halogens is 1. The second-order valence-corrected chi connectivity index (χ2v) is 4.73. The molecule has 1 saturated carbocycles. The fourth-order valence-electron chi connectivity index (χ4n) is 2.33. The van der Waals surface area contributed by atoms with E-state index in [-0.39, 0.29) is 5.82 Å². The highest BCUT2D eigenvalue weighted by molar-refractivity contribution is 5.51. The monoisotopic (exact) mass is 222 g/mol. The van der Waals surface area contributed by atoms with Gasteiger partial charge in [0.25, 0.3) is 0 Å². The molecule has 0 spiro atoms. The third-order valence-corrected chi connectivity index (χ3v) is 3.27. The van der Waals surface area contributed by atoms with Crippen molar-refractivity contribution in [3.05, 3.63) is 29.6 Å². The van der Waals surface area contributed by atoms with E-state index in [1.54, 1.807) is 12.1 Å². The van der Waals surface area contributed by atoms with Crippen LogP contribution in [-0.2, 0) is 0 Å². The van der Waals surface area contributed by atoms with Crippen molar-refractivity contribution in [1.82, 2.24) is 0 Å². The zero-order chi connectivity index (χ0) is 11.5. The predicted molar refractivity (Wildman–Crippen MR) is 65.0 cm³/mol. The van der Waals surface area contributed by atoms with Gasteiger partial charge in [-0.05, 0) is 50.3 Å². The minimum atomic E-state index is -0.187. The van der Waals surface area contributed by atoms with Gasteiger partial charge in [0.15, 0.2) is 0 Å². The summed E-state index contributed by atoms with van der Waals surface area (Å²) < 4.78 is 13.1. The summed E-state index contributed by atoms with van der Waals surface area (Å²) in [4.78, 5) is 0. The molecule has 16 heavy (non-hydrogen) atoms. The molecule has 88 valence electrons. The Kier molecular flexibility index (Phi) is 3.44. The van der Waals surface area contributed by atoms with E-state index in [4.69, 9.17) is 5.73 Å². The van der Waals surface area contributed by atoms with Crippen LogP contribution in [0.2, 0.25) is 0 Å². The summed E-state index contributed by atoms with van der Waals surface area (Å²) in [7, 11) is 0. The number of nitrogens with two attached hydrogens (primary N) is 1. The molecule has 0 saturated heterocycles. The molecule has 3 N–H and O–H groups in total. The molecular formula is C13H19FN2. The Bertz CT molecular complexity index is 365. The molecule has 2 unspecified atom stereocenters. The lowest BCUT2D eigenvalue weighted by atomic mass is 9.91. The molecule has 1 aromatic carbocycles. The maximum atomic E-state index is 13.1. The van der Waals surface area contributed by atoms with Gasteiger partial charge >= 0.3 is 0 Å². The van der Waals surface area contributed by atoms with Gasteiger partial charge in [-0.1, -0.05) is 6.07 Å². The van der Waals surface area contributed by atoms with E-state index in [2.05, 4.69) is 5.32 Å². The quantitative estimate of drug-likeness (QED) is 0.807. The van der Waals surface area contributed by atoms with Gasteiger partial charge in [0, 0.05) is 17.8 Å². The first-order valence-electron chi connectivity index (χ1n) is 5.93. The number of aryl methyl sites for hydroxylation is 1. The Morgan fingerprint density at radius 1 is 1.38 bits per heavy atom. The van der Waals surface area contributed by atoms with Crippen LogP contribution >= 0.6 is 0 Å². The summed E-state index contributed by atoms with van der Waals surface area (Å²) in [6, 6.07) is 5.55. The summed E-state index contributed by atoms with van der Waals surface area (Å²) in [6.45, 7) is 1.99. The van der Waals surface area contributed by atoms with Gasteiger partial charge in [0.05, 0.1) is 0 Å². The van der Waals surface area contributed by atoms with Gasteiger partial charge in [-0.3, -0.25) is 0 Å². The fraction of sp³-hybridized carbons (Fsp3) is 0.538. The highest BCUT2D eigenvalue weighted by Gasteiger charge is 2.19. The van der Waals surface area contributed by atoms with Crippen LogP contribution in [0.3, 0.4) is 0 Å². The number of hydrogen-bond acceptors (Lipinski definition) is 2. The van der Waals surface area contributed by atoms with E-state index in [0.29, 0.717) is 12.1 Å². The number of rotatable bonds is 2. The third-order valence-electron chi connectivity index (χ3n) is 3.27. The zero-order valence-corrected chi connectivity index (χ0v) is 9.67. The SMILES string of the molecule is Cc1ccc(F)cc1NC1CCCC(N)C1. The first-order valence-corrected chi connectivity index (χ1v) is 5.93. The summed E-state index contributed by atoms with van der Waals surface area (Å²) in [5.74, 6) is -0.187. The van der Waals surface area contributed by atoms with Gasteiger partial charge in [-0.15, -0.1) is 0 Å². The Morgan fingerprint density at radius 3 is 2.94 bits per heavy atom. The second-order valence-electron chi connectivity index (χ2n) is 4.73. The molecule has 0 aromatic heterocycles. The molecule has 1 aromatic rings. The molecule has 2 rings (SSSR count). The van der Waals surface area contributed by atoms with Gasteiger partial charge in [-0.25, -0.2) is 4.39 Å². The smallest absolute Gasteiger partial charge is 0.125 e. The summed E-state index contributed by atoms with van der Waals surface area (Å²) in [5.41, 5.74) is 7.92. The zero-order valence-electron chi connectivity index (χ0n) is 9.67. The Labute approximate surface area is 96.0 Å². The fourth-order valence-corrected chi connectivity index (χ4v) is 2.33. The van der Waals surface area contributed by atoms with Gasteiger partial charge in [0.1, 0.15) is 5.82 Å². The van der Waals surface area contributed by atoms with E-state index >= 15 is 0 Å². The highest BCUT2D eigenvalue weighted by Crippen LogP contribution is 2.23. The molecule has 0 heterocycles. The number of anilines is 1. The van der Waals surface area contributed by atoms with Crippen LogP contribution in [0, 0.1) is 12.7 Å². The number of hydrogen-bond donors (Lipinski definition) is 2. The topological polar surface area (TPSA) is 38.0 Å². The molecule has 1 aliphatic rings. The molecule has 0 amide bonds. The van der Waals surface area contributed by atoms with Crippen LogP contribution in [0.15, 0.2) is 18.2 Å². The molecule has 2 nitrogen and oxygen atoms in total. The highest BCUT2D eigenvalue weighted by atomic mass is 19.1. The minimum Gasteiger partial charge on any atom is -0.382 e. The van der Waals surface area contributed by atoms with Crippen LogP contribution in [0.5, 0.6) is 0 Å². The maximum Gasteiger partial charge on any atom is 0.125 e. The molecule has 3 heteroatoms. The van der Waals surface area contributed by atoms with E-state index in [0.717, 1.165) is 36.9 Å². The lowest BCUT2D eigenvalue weighted by Gasteiger charge is -2.28. The molecule has 2 atom stereocenters. The molecule has 1 aliphatic carbocycles. The maximum absolute atomic E-state index is 13.1. The van der Waals surface area contributed by atoms with Crippen molar-refractivity contribution in [2.75, 3.05) is 5.32 Å². The molecular weight excluding hydrogens is 203 g/mol. The third kappa shape index (κ3) is 2.73. The van der Waals surface area contributed by atoms with Crippen molar-refractivity contribution in [3.63, 3.8) is 0 Å². The Balaban J connectivity index is 2.05. The summed E-state index contributed by atoms with van der Waals surface area (Å²) >= 11 is 0. The largest absolute Gasteiger partial charge is 0.382 e. The van der Waals surface area contributed by atoms with Crippen LogP contribution in [0.4, 0.5) is 10.1 Å². The molecule has 0 aliphatic heterocycles. The van der Waals surface area contributed by atoms with Gasteiger partial charge < -0.3 is 11.1 Å². The standard InChI is InChI=1S/C13H19FN2/c1-9-5-6-10(14)7-13(9)16-12-4-2-3-11(15)8-12/h5-7,11-12,16H,2-4,8,15H2,1H3. The predicted octanol–water partition coefficient (Wildman–Crippen LogP) is 2.82. The van der Waals surface area contributed by atoms with Crippen molar-refractivity contribution >= 4 is 5.69 Å². The minimum absolute atomic E-state index is 0.187. The van der Waals surface area contributed by atoms with Crippen molar-refractivity contribution in [3.8, 4) is 0 Å². The van der Waals surface area contributed by atoms with Gasteiger partial charge in [-0.2, -0.15) is 0 Å². The van der Waals surface area contributed by atoms with E-state index in [1.165, 1.54) is 6.07 Å². The second kappa shape index (κ2) is 4.83. The first-order chi connectivity index (χ1) is 7.65. The summed E-state index contributed by atoms with van der Waals surface area (Å²) in [5, 5.41) is 3.40.